The fourth-order valence-corrected chi connectivity index (χ4v) is 6.69. The highest BCUT2D eigenvalue weighted by Gasteiger charge is 2.29. The lowest BCUT2D eigenvalue weighted by Gasteiger charge is -2.30. The van der Waals surface area contributed by atoms with Gasteiger partial charge in [-0.25, -0.2) is 0 Å². The SMILES string of the molecule is C[C@@H]1CCCC[C@@H]1CCNC(=O)c1ccc(/C=C2/Sc3ccccc3N(Cc3cccc(Cl)c3)C2=O)cc1. The van der Waals surface area contributed by atoms with Gasteiger partial charge in [-0.2, -0.15) is 0 Å². The van der Waals surface area contributed by atoms with E-state index in [0.29, 0.717) is 34.5 Å². The van der Waals surface area contributed by atoms with E-state index < -0.39 is 0 Å². The van der Waals surface area contributed by atoms with Crippen molar-refractivity contribution in [1.82, 2.24) is 5.32 Å². The first-order valence-electron chi connectivity index (χ1n) is 13.4. The molecule has 1 fully saturated rings. The molecule has 196 valence electrons. The minimum absolute atomic E-state index is 0.0441. The third-order valence-electron chi connectivity index (χ3n) is 7.62. The first-order chi connectivity index (χ1) is 18.5. The maximum Gasteiger partial charge on any atom is 0.265 e. The van der Waals surface area contributed by atoms with Crippen LogP contribution >= 0.6 is 23.4 Å². The number of fused-ring (bicyclic) bond motifs is 1. The molecule has 0 saturated heterocycles. The van der Waals surface area contributed by atoms with E-state index in [1.807, 2.05) is 78.9 Å². The fraction of sp³-hybridized carbons (Fsp3) is 0.312. The van der Waals surface area contributed by atoms with Gasteiger partial charge in [-0.15, -0.1) is 0 Å². The van der Waals surface area contributed by atoms with Crippen LogP contribution in [0.15, 0.2) is 82.6 Å². The highest BCUT2D eigenvalue weighted by Crippen LogP contribution is 2.42. The molecule has 4 nitrogen and oxygen atoms in total. The van der Waals surface area contributed by atoms with Gasteiger partial charge in [-0.3, -0.25) is 9.59 Å². The van der Waals surface area contributed by atoms with Gasteiger partial charge in [-0.05, 0) is 71.9 Å². The Balaban J connectivity index is 1.27. The number of thioether (sulfide) groups is 1. The van der Waals surface area contributed by atoms with Crippen LogP contribution < -0.4 is 10.2 Å². The quantitative estimate of drug-likeness (QED) is 0.307. The van der Waals surface area contributed by atoms with Crippen LogP contribution in [0.4, 0.5) is 5.69 Å². The Hall–Kier alpha value is -3.02. The number of halogens is 1. The second-order valence-corrected chi connectivity index (χ2v) is 11.8. The van der Waals surface area contributed by atoms with Crippen molar-refractivity contribution in [3.05, 3.63) is 99.4 Å². The predicted molar refractivity (Wildman–Crippen MR) is 157 cm³/mol. The average molecular weight is 545 g/mol. The number of carbonyl (C=O) groups is 2. The van der Waals surface area contributed by atoms with E-state index in [1.54, 1.807) is 4.90 Å². The van der Waals surface area contributed by atoms with Crippen LogP contribution in [-0.4, -0.2) is 18.4 Å². The number of hydrogen-bond acceptors (Lipinski definition) is 3. The summed E-state index contributed by atoms with van der Waals surface area (Å²) < 4.78 is 0. The number of anilines is 1. The van der Waals surface area contributed by atoms with Crippen molar-refractivity contribution < 1.29 is 9.59 Å². The maximum atomic E-state index is 13.6. The molecule has 1 aliphatic heterocycles. The summed E-state index contributed by atoms with van der Waals surface area (Å²) in [5.41, 5.74) is 3.39. The zero-order chi connectivity index (χ0) is 26.5. The Kier molecular flexibility index (Phi) is 8.55. The molecule has 1 aliphatic carbocycles. The lowest BCUT2D eigenvalue weighted by atomic mass is 9.79. The van der Waals surface area contributed by atoms with Crippen LogP contribution in [-0.2, 0) is 11.3 Å². The van der Waals surface area contributed by atoms with Crippen molar-refractivity contribution in [2.24, 2.45) is 11.8 Å². The van der Waals surface area contributed by atoms with Crippen molar-refractivity contribution in [2.45, 2.75) is 50.5 Å². The van der Waals surface area contributed by atoms with Gasteiger partial charge in [0, 0.05) is 22.0 Å². The number of nitrogens with one attached hydrogen (secondary N) is 1. The van der Waals surface area contributed by atoms with Crippen LogP contribution in [0.25, 0.3) is 6.08 Å². The number of nitrogens with zero attached hydrogens (tertiary/aromatic N) is 1. The van der Waals surface area contributed by atoms with Crippen LogP contribution in [0.3, 0.4) is 0 Å². The summed E-state index contributed by atoms with van der Waals surface area (Å²) in [7, 11) is 0. The van der Waals surface area contributed by atoms with Gasteiger partial charge in [0.1, 0.15) is 0 Å². The Labute approximate surface area is 234 Å². The summed E-state index contributed by atoms with van der Waals surface area (Å²) in [6.07, 6.45) is 8.18. The first kappa shape index (κ1) is 26.6. The van der Waals surface area contributed by atoms with Gasteiger partial charge in [0.05, 0.1) is 17.1 Å². The molecule has 0 aromatic heterocycles. The van der Waals surface area contributed by atoms with E-state index in [4.69, 9.17) is 11.6 Å². The lowest BCUT2D eigenvalue weighted by molar-refractivity contribution is -0.114. The van der Waals surface area contributed by atoms with Gasteiger partial charge < -0.3 is 10.2 Å². The minimum atomic E-state index is -0.0487. The van der Waals surface area contributed by atoms with Gasteiger partial charge in [0.25, 0.3) is 11.8 Å². The van der Waals surface area contributed by atoms with Crippen molar-refractivity contribution in [3.8, 4) is 0 Å². The average Bonchev–Trinajstić information content (AvgIpc) is 2.92. The molecule has 3 aromatic rings. The Morgan fingerprint density at radius 3 is 2.63 bits per heavy atom. The van der Waals surface area contributed by atoms with E-state index >= 15 is 0 Å². The van der Waals surface area contributed by atoms with Crippen LogP contribution in [0.5, 0.6) is 0 Å². The standard InChI is InChI=1S/C32H33ClN2O2S/c1-22-7-2-3-9-25(22)17-18-34-31(36)26-15-13-23(14-16-26)20-30-32(37)35(21-24-8-6-10-27(33)19-24)28-11-4-5-12-29(28)38-30/h4-6,8,10-16,19-20,22,25H,2-3,7,9,17-18,21H2,1H3,(H,34,36)/b30-20+/t22-,25-/m1/s1. The second kappa shape index (κ2) is 12.2. The molecule has 0 radical (unpaired) electrons. The molecule has 1 N–H and O–H groups in total. The first-order valence-corrected chi connectivity index (χ1v) is 14.6. The maximum absolute atomic E-state index is 13.6. The van der Waals surface area contributed by atoms with Gasteiger partial charge in [0.15, 0.2) is 0 Å². The third-order valence-corrected chi connectivity index (χ3v) is 8.93. The molecule has 3 aromatic carbocycles. The number of carbonyl (C=O) groups excluding carboxylic acids is 2. The van der Waals surface area contributed by atoms with E-state index in [0.717, 1.165) is 34.0 Å². The van der Waals surface area contributed by atoms with Gasteiger partial charge >= 0.3 is 0 Å². The normalized spacial score (nSPS) is 20.3. The van der Waals surface area contributed by atoms with Crippen molar-refractivity contribution in [2.75, 3.05) is 11.4 Å². The second-order valence-electron chi connectivity index (χ2n) is 10.3. The fourth-order valence-electron chi connectivity index (χ4n) is 5.41. The molecule has 2 amide bonds. The summed E-state index contributed by atoms with van der Waals surface area (Å²) in [4.78, 5) is 29.7. The molecular formula is C32H33ClN2O2S. The van der Waals surface area contributed by atoms with Crippen LogP contribution in [0, 0.1) is 11.8 Å². The molecule has 2 atom stereocenters. The topological polar surface area (TPSA) is 49.4 Å². The molecule has 0 bridgehead atoms. The van der Waals surface area contributed by atoms with Crippen molar-refractivity contribution in [1.29, 1.82) is 0 Å². The highest BCUT2D eigenvalue weighted by molar-refractivity contribution is 8.04. The minimum Gasteiger partial charge on any atom is -0.352 e. The number of amides is 2. The van der Waals surface area contributed by atoms with E-state index in [9.17, 15) is 9.59 Å². The smallest absolute Gasteiger partial charge is 0.265 e. The van der Waals surface area contributed by atoms with Gasteiger partial charge in [0.2, 0.25) is 0 Å². The van der Waals surface area contributed by atoms with Gasteiger partial charge in [-0.1, -0.05) is 92.4 Å². The molecule has 5 rings (SSSR count). The number of benzene rings is 3. The molecule has 2 aliphatic rings. The lowest BCUT2D eigenvalue weighted by Crippen LogP contribution is -2.33. The van der Waals surface area contributed by atoms with Crippen molar-refractivity contribution >= 4 is 46.9 Å². The van der Waals surface area contributed by atoms with E-state index in [-0.39, 0.29) is 11.8 Å². The van der Waals surface area contributed by atoms with Crippen LogP contribution in [0.2, 0.25) is 5.02 Å². The zero-order valence-electron chi connectivity index (χ0n) is 21.7. The molecule has 1 heterocycles. The number of rotatable bonds is 7. The molecule has 38 heavy (non-hydrogen) atoms. The summed E-state index contributed by atoms with van der Waals surface area (Å²) in [5.74, 6) is 1.37. The molecule has 6 heteroatoms. The highest BCUT2D eigenvalue weighted by atomic mass is 35.5. The monoisotopic (exact) mass is 544 g/mol. The largest absolute Gasteiger partial charge is 0.352 e. The molecule has 0 unspecified atom stereocenters. The Bertz CT molecular complexity index is 1340. The molecular weight excluding hydrogens is 512 g/mol. The van der Waals surface area contributed by atoms with E-state index in [2.05, 4.69) is 12.2 Å². The molecule has 1 saturated carbocycles. The van der Waals surface area contributed by atoms with Crippen molar-refractivity contribution in [3.63, 3.8) is 0 Å². The Morgan fingerprint density at radius 1 is 1.05 bits per heavy atom. The summed E-state index contributed by atoms with van der Waals surface area (Å²) in [6, 6.07) is 23.0. The summed E-state index contributed by atoms with van der Waals surface area (Å²) in [5, 5.41) is 3.74. The summed E-state index contributed by atoms with van der Waals surface area (Å²) in [6.45, 7) is 3.49. The number of para-hydroxylation sites is 1. The molecule has 0 spiro atoms. The summed E-state index contributed by atoms with van der Waals surface area (Å²) >= 11 is 7.67. The zero-order valence-corrected chi connectivity index (χ0v) is 23.2. The predicted octanol–water partition coefficient (Wildman–Crippen LogP) is 7.97. The van der Waals surface area contributed by atoms with E-state index in [1.165, 1.54) is 37.4 Å². The number of hydrogen-bond donors (Lipinski definition) is 1. The Morgan fingerprint density at radius 2 is 1.84 bits per heavy atom. The third kappa shape index (κ3) is 6.33. The van der Waals surface area contributed by atoms with Crippen LogP contribution in [0.1, 0.15) is 60.5 Å².